The van der Waals surface area contributed by atoms with E-state index in [4.69, 9.17) is 21.6 Å². The number of fused-ring (bicyclic) bond motifs is 1. The summed E-state index contributed by atoms with van der Waals surface area (Å²) in [5.74, 6) is 0. The van der Waals surface area contributed by atoms with Crippen molar-refractivity contribution in [1.29, 1.82) is 0 Å². The maximum atomic E-state index is 9.13. The van der Waals surface area contributed by atoms with Crippen LogP contribution < -0.4 is 5.46 Å². The van der Waals surface area contributed by atoms with E-state index in [1.165, 1.54) is 10.7 Å². The Hall–Kier alpha value is -1.11. The van der Waals surface area contributed by atoms with Crippen LogP contribution in [-0.2, 0) is 0 Å². The Balaban J connectivity index is 2.86. The molecular weight excluding hydrogens is 204 g/mol. The Kier molecular flexibility index (Phi) is 2.18. The molecule has 2 aromatic rings. The van der Waals surface area contributed by atoms with Crippen molar-refractivity contribution in [2.24, 2.45) is 0 Å². The monoisotopic (exact) mass is 211 g/mol. The van der Waals surface area contributed by atoms with E-state index in [0.717, 1.165) is 0 Å². The number of hydrogen-bond acceptors (Lipinski definition) is 4. The van der Waals surface area contributed by atoms with Crippen LogP contribution in [0.5, 0.6) is 0 Å². The molecule has 0 bridgehead atoms. The summed E-state index contributed by atoms with van der Waals surface area (Å²) in [5.41, 5.74) is 1.25. The predicted octanol–water partition coefficient (Wildman–Crippen LogP) is -0.629. The van der Waals surface area contributed by atoms with Crippen molar-refractivity contribution in [3.8, 4) is 0 Å². The summed E-state index contributed by atoms with van der Waals surface area (Å²) < 4.78 is 1.47. The van der Waals surface area contributed by atoms with E-state index >= 15 is 0 Å². The number of aryl methyl sites for hydroxylation is 1. The van der Waals surface area contributed by atoms with Gasteiger partial charge in [0.15, 0.2) is 5.15 Å². The van der Waals surface area contributed by atoms with Crippen LogP contribution in [0.3, 0.4) is 0 Å². The second kappa shape index (κ2) is 3.23. The lowest BCUT2D eigenvalue weighted by Crippen LogP contribution is -2.31. The zero-order valence-corrected chi connectivity index (χ0v) is 8.10. The fourth-order valence-electron chi connectivity index (χ4n) is 1.41. The zero-order valence-electron chi connectivity index (χ0n) is 7.35. The minimum absolute atomic E-state index is 0.205. The lowest BCUT2D eigenvalue weighted by Gasteiger charge is -1.98. The highest BCUT2D eigenvalue weighted by molar-refractivity contribution is 6.62. The van der Waals surface area contributed by atoms with Crippen molar-refractivity contribution in [3.05, 3.63) is 23.2 Å². The summed E-state index contributed by atoms with van der Waals surface area (Å²) in [6.07, 6.45) is 3.09. The number of aromatic nitrogens is 3. The number of hydrogen-bond donors (Lipinski definition) is 2. The molecule has 2 N–H and O–H groups in total. The third kappa shape index (κ3) is 1.28. The van der Waals surface area contributed by atoms with Gasteiger partial charge in [0.05, 0.1) is 5.69 Å². The molecule has 0 amide bonds. The van der Waals surface area contributed by atoms with Gasteiger partial charge in [-0.05, 0) is 6.92 Å². The predicted molar refractivity (Wildman–Crippen MR) is 52.6 cm³/mol. The molecule has 0 spiro atoms. The van der Waals surface area contributed by atoms with Gasteiger partial charge >= 0.3 is 7.12 Å². The molecule has 0 aliphatic rings. The lowest BCUT2D eigenvalue weighted by atomic mass is 9.79. The van der Waals surface area contributed by atoms with Gasteiger partial charge in [-0.3, -0.25) is 0 Å². The van der Waals surface area contributed by atoms with Crippen LogP contribution in [0.2, 0.25) is 5.15 Å². The van der Waals surface area contributed by atoms with Gasteiger partial charge in [-0.25, -0.2) is 9.50 Å². The molecule has 72 valence electrons. The lowest BCUT2D eigenvalue weighted by molar-refractivity contribution is 0.426. The molecule has 0 radical (unpaired) electrons. The average molecular weight is 211 g/mol. The normalized spacial score (nSPS) is 10.9. The Bertz CT molecular complexity index is 485. The first-order valence-corrected chi connectivity index (χ1v) is 4.34. The first-order chi connectivity index (χ1) is 6.61. The topological polar surface area (TPSA) is 70.7 Å². The summed E-state index contributed by atoms with van der Waals surface area (Å²) in [4.78, 5) is 3.85. The molecule has 5 nitrogen and oxygen atoms in total. The fourth-order valence-corrected chi connectivity index (χ4v) is 1.65. The van der Waals surface area contributed by atoms with Gasteiger partial charge in [0.1, 0.15) is 5.52 Å². The van der Waals surface area contributed by atoms with E-state index in [9.17, 15) is 0 Å². The first kappa shape index (κ1) is 9.45. The minimum Gasteiger partial charge on any atom is -0.423 e. The second-order valence-electron chi connectivity index (χ2n) is 2.88. The number of nitrogens with zero attached hydrogens (tertiary/aromatic N) is 3. The summed E-state index contributed by atoms with van der Waals surface area (Å²) in [7, 11) is -1.59. The third-order valence-electron chi connectivity index (χ3n) is 1.98. The standard InChI is InChI=1S/C7H7BClN3O2/c1-4-5(8(13)14)6-7(9)10-2-3-12(6)11-4/h2-3,13-14H,1H3. The van der Waals surface area contributed by atoms with Crippen molar-refractivity contribution in [3.63, 3.8) is 0 Å². The summed E-state index contributed by atoms with van der Waals surface area (Å²) in [5, 5.41) is 22.5. The quantitative estimate of drug-likeness (QED) is 0.616. The maximum absolute atomic E-state index is 9.13. The molecule has 0 aliphatic carbocycles. The van der Waals surface area contributed by atoms with Crippen LogP contribution >= 0.6 is 11.6 Å². The van der Waals surface area contributed by atoms with Crippen LogP contribution in [0.15, 0.2) is 12.4 Å². The summed E-state index contributed by atoms with van der Waals surface area (Å²) in [6.45, 7) is 1.68. The van der Waals surface area contributed by atoms with Gasteiger partial charge in [0, 0.05) is 17.9 Å². The van der Waals surface area contributed by atoms with E-state index in [2.05, 4.69) is 10.1 Å². The summed E-state index contributed by atoms with van der Waals surface area (Å²) in [6, 6.07) is 0. The molecule has 0 unspecified atom stereocenters. The van der Waals surface area contributed by atoms with Crippen molar-refractivity contribution < 1.29 is 10.0 Å². The van der Waals surface area contributed by atoms with Crippen LogP contribution in [0.4, 0.5) is 0 Å². The highest BCUT2D eigenvalue weighted by Crippen LogP contribution is 2.12. The summed E-state index contributed by atoms with van der Waals surface area (Å²) >= 11 is 5.83. The first-order valence-electron chi connectivity index (χ1n) is 3.96. The van der Waals surface area contributed by atoms with Crippen molar-refractivity contribution in [1.82, 2.24) is 14.6 Å². The van der Waals surface area contributed by atoms with Gasteiger partial charge in [-0.15, -0.1) is 0 Å². The van der Waals surface area contributed by atoms with Crippen molar-refractivity contribution in [2.75, 3.05) is 0 Å². The SMILES string of the molecule is Cc1nn2ccnc(Cl)c2c1B(O)O. The largest absolute Gasteiger partial charge is 0.492 e. The van der Waals surface area contributed by atoms with E-state index in [1.54, 1.807) is 13.1 Å². The number of rotatable bonds is 1. The molecule has 2 rings (SSSR count). The Morgan fingerprint density at radius 1 is 1.50 bits per heavy atom. The highest BCUT2D eigenvalue weighted by Gasteiger charge is 2.22. The van der Waals surface area contributed by atoms with Crippen LogP contribution in [0.1, 0.15) is 5.69 Å². The second-order valence-corrected chi connectivity index (χ2v) is 3.24. The fraction of sp³-hybridized carbons (Fsp3) is 0.143. The van der Waals surface area contributed by atoms with Crippen molar-refractivity contribution in [2.45, 2.75) is 6.92 Å². The molecule has 14 heavy (non-hydrogen) atoms. The Morgan fingerprint density at radius 2 is 2.21 bits per heavy atom. The number of halogens is 1. The van der Waals surface area contributed by atoms with Gasteiger partial charge in [-0.2, -0.15) is 5.10 Å². The molecular formula is C7H7BClN3O2. The van der Waals surface area contributed by atoms with Crippen LogP contribution in [-0.4, -0.2) is 31.8 Å². The average Bonchev–Trinajstić information content (AvgIpc) is 2.42. The minimum atomic E-state index is -1.59. The van der Waals surface area contributed by atoms with Crippen LogP contribution in [0.25, 0.3) is 5.52 Å². The van der Waals surface area contributed by atoms with Gasteiger partial charge < -0.3 is 10.0 Å². The molecule has 0 saturated heterocycles. The molecule has 0 atom stereocenters. The van der Waals surface area contributed by atoms with E-state index < -0.39 is 7.12 Å². The smallest absolute Gasteiger partial charge is 0.423 e. The van der Waals surface area contributed by atoms with Crippen molar-refractivity contribution >= 4 is 29.7 Å². The van der Waals surface area contributed by atoms with E-state index in [0.29, 0.717) is 16.7 Å². The van der Waals surface area contributed by atoms with Gasteiger partial charge in [0.2, 0.25) is 0 Å². The molecule has 0 aliphatic heterocycles. The molecule has 2 aromatic heterocycles. The van der Waals surface area contributed by atoms with Gasteiger partial charge in [0.25, 0.3) is 0 Å². The Labute approximate surface area is 85.1 Å². The molecule has 2 heterocycles. The Morgan fingerprint density at radius 3 is 2.86 bits per heavy atom. The molecule has 0 saturated carbocycles. The maximum Gasteiger partial charge on any atom is 0.492 e. The van der Waals surface area contributed by atoms with E-state index in [1.807, 2.05) is 0 Å². The molecule has 7 heteroatoms. The molecule has 0 fully saturated rings. The highest BCUT2D eigenvalue weighted by atomic mass is 35.5. The van der Waals surface area contributed by atoms with Gasteiger partial charge in [-0.1, -0.05) is 11.6 Å². The van der Waals surface area contributed by atoms with Crippen LogP contribution in [0, 0.1) is 6.92 Å². The molecule has 0 aromatic carbocycles. The zero-order chi connectivity index (χ0) is 10.3. The third-order valence-corrected chi connectivity index (χ3v) is 2.26. The van der Waals surface area contributed by atoms with E-state index in [-0.39, 0.29) is 5.15 Å².